The van der Waals surface area contributed by atoms with Crippen LogP contribution in [0.15, 0.2) is 22.0 Å². The number of nitrogens with one attached hydrogen (secondary N) is 1. The normalized spacial score (nSPS) is 21.3. The first kappa shape index (κ1) is 16.5. The van der Waals surface area contributed by atoms with Crippen molar-refractivity contribution in [3.8, 4) is 10.7 Å². The van der Waals surface area contributed by atoms with E-state index in [1.54, 1.807) is 11.3 Å². The summed E-state index contributed by atoms with van der Waals surface area (Å²) in [5.41, 5.74) is 0. The molecule has 1 fully saturated rings. The molecule has 5 nitrogen and oxygen atoms in total. The zero-order chi connectivity index (χ0) is 16.1. The van der Waals surface area contributed by atoms with Gasteiger partial charge in [-0.15, -0.1) is 23.1 Å². The summed E-state index contributed by atoms with van der Waals surface area (Å²) in [6.45, 7) is 2.22. The van der Waals surface area contributed by atoms with Gasteiger partial charge in [0.25, 0.3) is 0 Å². The molecular weight excluding hydrogens is 330 g/mol. The Morgan fingerprint density at radius 2 is 2.35 bits per heavy atom. The molecule has 1 N–H and O–H groups in total. The molecule has 1 amide bonds. The predicted molar refractivity (Wildman–Crippen MR) is 93.3 cm³/mol. The van der Waals surface area contributed by atoms with Gasteiger partial charge < -0.3 is 9.84 Å². The van der Waals surface area contributed by atoms with Gasteiger partial charge in [-0.1, -0.05) is 31.0 Å². The molecule has 2 heterocycles. The number of hydrogen-bond acceptors (Lipinski definition) is 6. The first-order valence-electron chi connectivity index (χ1n) is 7.96. The monoisotopic (exact) mass is 351 g/mol. The highest BCUT2D eigenvalue weighted by molar-refractivity contribution is 7.99. The van der Waals surface area contributed by atoms with Crippen LogP contribution in [-0.2, 0) is 10.5 Å². The molecule has 0 spiro atoms. The van der Waals surface area contributed by atoms with Gasteiger partial charge in [-0.3, -0.25) is 4.79 Å². The van der Waals surface area contributed by atoms with Crippen molar-refractivity contribution in [3.05, 3.63) is 23.4 Å². The molecule has 0 aromatic carbocycles. The summed E-state index contributed by atoms with van der Waals surface area (Å²) in [5.74, 6) is 2.87. The van der Waals surface area contributed by atoms with Gasteiger partial charge in [0.15, 0.2) is 0 Å². The Bertz CT molecular complexity index is 627. The van der Waals surface area contributed by atoms with Crippen LogP contribution in [-0.4, -0.2) is 27.8 Å². The minimum atomic E-state index is 0.103. The van der Waals surface area contributed by atoms with Crippen LogP contribution in [0.25, 0.3) is 10.7 Å². The van der Waals surface area contributed by atoms with E-state index in [2.05, 4.69) is 22.4 Å². The summed E-state index contributed by atoms with van der Waals surface area (Å²) in [4.78, 5) is 17.4. The number of carbonyl (C=O) groups is 1. The molecule has 0 aliphatic heterocycles. The van der Waals surface area contributed by atoms with Crippen molar-refractivity contribution in [3.63, 3.8) is 0 Å². The number of hydrogen-bond donors (Lipinski definition) is 1. The van der Waals surface area contributed by atoms with Gasteiger partial charge in [0, 0.05) is 6.04 Å². The van der Waals surface area contributed by atoms with E-state index in [1.165, 1.54) is 31.0 Å². The molecule has 7 heteroatoms. The van der Waals surface area contributed by atoms with Crippen LogP contribution in [0.2, 0.25) is 0 Å². The third kappa shape index (κ3) is 4.57. The Kier molecular flexibility index (Phi) is 5.72. The number of thioether (sulfide) groups is 1. The van der Waals surface area contributed by atoms with Crippen LogP contribution in [0.5, 0.6) is 0 Å². The average molecular weight is 351 g/mol. The molecule has 3 rings (SSSR count). The fourth-order valence-corrected chi connectivity index (χ4v) is 4.14. The third-order valence-electron chi connectivity index (χ3n) is 4.13. The van der Waals surface area contributed by atoms with Crippen LogP contribution in [0, 0.1) is 5.92 Å². The second kappa shape index (κ2) is 7.97. The second-order valence-electron chi connectivity index (χ2n) is 5.92. The molecule has 2 atom stereocenters. The molecule has 1 aliphatic rings. The maximum Gasteiger partial charge on any atom is 0.236 e. The highest BCUT2D eigenvalue weighted by Crippen LogP contribution is 2.24. The van der Waals surface area contributed by atoms with Gasteiger partial charge in [-0.2, -0.15) is 4.98 Å². The Balaban J connectivity index is 1.41. The van der Waals surface area contributed by atoms with Gasteiger partial charge in [0.05, 0.1) is 16.4 Å². The minimum Gasteiger partial charge on any atom is -0.352 e. The average Bonchev–Trinajstić information content (AvgIpc) is 3.20. The molecular formula is C16H21N3O2S2. The van der Waals surface area contributed by atoms with Crippen LogP contribution in [0.1, 0.15) is 38.5 Å². The molecule has 1 aliphatic carbocycles. The van der Waals surface area contributed by atoms with Crippen molar-refractivity contribution in [2.75, 3.05) is 5.75 Å². The molecule has 1 saturated carbocycles. The lowest BCUT2D eigenvalue weighted by Gasteiger charge is -2.29. The van der Waals surface area contributed by atoms with Crippen molar-refractivity contribution in [2.24, 2.45) is 5.92 Å². The van der Waals surface area contributed by atoms with E-state index in [9.17, 15) is 4.79 Å². The standard InChI is InChI=1S/C16H21N3O2S2/c1-11-5-2-3-6-12(11)17-14(20)9-22-10-15-18-16(19-21-15)13-7-4-8-23-13/h4,7-8,11-12H,2-3,5-6,9-10H2,1H3,(H,17,20)/t11-,12-/m1/s1. The first-order chi connectivity index (χ1) is 11.2. The molecule has 0 unspecified atom stereocenters. The van der Waals surface area contributed by atoms with Crippen molar-refractivity contribution in [1.82, 2.24) is 15.5 Å². The van der Waals surface area contributed by atoms with Gasteiger partial charge in [0.2, 0.25) is 17.6 Å². The number of rotatable bonds is 6. The van der Waals surface area contributed by atoms with E-state index < -0.39 is 0 Å². The van der Waals surface area contributed by atoms with Crippen molar-refractivity contribution < 1.29 is 9.32 Å². The smallest absolute Gasteiger partial charge is 0.236 e. The van der Waals surface area contributed by atoms with E-state index in [1.807, 2.05) is 17.5 Å². The van der Waals surface area contributed by atoms with E-state index in [0.717, 1.165) is 11.3 Å². The maximum absolute atomic E-state index is 12.0. The molecule has 2 aromatic heterocycles. The summed E-state index contributed by atoms with van der Waals surface area (Å²) in [6, 6.07) is 4.26. The number of aromatic nitrogens is 2. The van der Waals surface area contributed by atoms with Crippen LogP contribution < -0.4 is 5.32 Å². The lowest BCUT2D eigenvalue weighted by molar-refractivity contribution is -0.119. The molecule has 0 radical (unpaired) electrons. The van der Waals surface area contributed by atoms with Gasteiger partial charge in [-0.05, 0) is 30.2 Å². The Morgan fingerprint density at radius 1 is 1.48 bits per heavy atom. The topological polar surface area (TPSA) is 68.0 Å². The van der Waals surface area contributed by atoms with Gasteiger partial charge in [-0.25, -0.2) is 0 Å². The summed E-state index contributed by atoms with van der Waals surface area (Å²) < 4.78 is 5.23. The fourth-order valence-electron chi connectivity index (χ4n) is 2.83. The molecule has 0 bridgehead atoms. The first-order valence-corrected chi connectivity index (χ1v) is 9.99. The summed E-state index contributed by atoms with van der Waals surface area (Å²) in [7, 11) is 0. The van der Waals surface area contributed by atoms with Crippen LogP contribution in [0.3, 0.4) is 0 Å². The number of nitrogens with zero attached hydrogens (tertiary/aromatic N) is 2. The third-order valence-corrected chi connectivity index (χ3v) is 5.91. The van der Waals surface area contributed by atoms with Gasteiger partial charge in [0.1, 0.15) is 0 Å². The summed E-state index contributed by atoms with van der Waals surface area (Å²) in [6.07, 6.45) is 4.82. The number of amides is 1. The Hall–Kier alpha value is -1.34. The van der Waals surface area contributed by atoms with E-state index >= 15 is 0 Å². The maximum atomic E-state index is 12.0. The molecule has 2 aromatic rings. The quantitative estimate of drug-likeness (QED) is 0.859. The van der Waals surface area contributed by atoms with Gasteiger partial charge >= 0.3 is 0 Å². The molecule has 124 valence electrons. The second-order valence-corrected chi connectivity index (χ2v) is 7.85. The summed E-state index contributed by atoms with van der Waals surface area (Å²) >= 11 is 3.09. The minimum absolute atomic E-state index is 0.103. The highest BCUT2D eigenvalue weighted by Gasteiger charge is 2.22. The SMILES string of the molecule is C[C@@H]1CCCC[C@H]1NC(=O)CSCc1nc(-c2cccs2)no1. The lowest BCUT2D eigenvalue weighted by Crippen LogP contribution is -2.41. The zero-order valence-corrected chi connectivity index (χ0v) is 14.8. The van der Waals surface area contributed by atoms with E-state index in [0.29, 0.717) is 35.2 Å². The fraction of sp³-hybridized carbons (Fsp3) is 0.562. The Morgan fingerprint density at radius 3 is 3.13 bits per heavy atom. The predicted octanol–water partition coefficient (Wildman–Crippen LogP) is 3.73. The zero-order valence-electron chi connectivity index (χ0n) is 13.2. The van der Waals surface area contributed by atoms with E-state index in [-0.39, 0.29) is 5.91 Å². The lowest BCUT2D eigenvalue weighted by atomic mass is 9.86. The van der Waals surface area contributed by atoms with Crippen molar-refractivity contribution in [1.29, 1.82) is 0 Å². The highest BCUT2D eigenvalue weighted by atomic mass is 32.2. The number of carbonyl (C=O) groups excluding carboxylic acids is 1. The van der Waals surface area contributed by atoms with Crippen LogP contribution >= 0.6 is 23.1 Å². The Labute approximate surface area is 144 Å². The molecule has 23 heavy (non-hydrogen) atoms. The van der Waals surface area contributed by atoms with Crippen molar-refractivity contribution in [2.45, 2.75) is 44.4 Å². The summed E-state index contributed by atoms with van der Waals surface area (Å²) in [5, 5.41) is 9.11. The van der Waals surface area contributed by atoms with Crippen LogP contribution in [0.4, 0.5) is 0 Å². The van der Waals surface area contributed by atoms with E-state index in [4.69, 9.17) is 4.52 Å². The molecule has 0 saturated heterocycles. The largest absolute Gasteiger partial charge is 0.352 e. The number of thiophene rings is 1. The van der Waals surface area contributed by atoms with Crippen molar-refractivity contribution >= 4 is 29.0 Å².